The maximum Gasteiger partial charge on any atom is 0.323 e. The highest BCUT2D eigenvalue weighted by atomic mass is 16.5. The molecule has 0 spiro atoms. The van der Waals surface area contributed by atoms with Gasteiger partial charge in [-0.05, 0) is 26.2 Å². The van der Waals surface area contributed by atoms with Gasteiger partial charge in [-0.15, -0.1) is 6.58 Å². The molecule has 1 heterocycles. The highest BCUT2D eigenvalue weighted by molar-refractivity contribution is 5.76. The van der Waals surface area contributed by atoms with Gasteiger partial charge < -0.3 is 10.1 Å². The number of rotatable bonds is 4. The molecule has 3 heteroatoms. The van der Waals surface area contributed by atoms with E-state index in [1.807, 2.05) is 13.0 Å². The number of ether oxygens (including phenoxy) is 1. The van der Waals surface area contributed by atoms with Gasteiger partial charge in [0.15, 0.2) is 0 Å². The zero-order valence-corrected chi connectivity index (χ0v) is 8.08. The molecule has 0 saturated carbocycles. The lowest BCUT2D eigenvalue weighted by Gasteiger charge is -2.11. The number of nitrogens with one attached hydrogen (secondary N) is 1. The van der Waals surface area contributed by atoms with Crippen LogP contribution in [0.25, 0.3) is 0 Å². The van der Waals surface area contributed by atoms with E-state index >= 15 is 0 Å². The fraction of sp³-hybridized carbons (Fsp3) is 0.700. The SMILES string of the molecule is C=CC[C@@H]1CC[C@@H](C(=O)OCC)N1. The fourth-order valence-corrected chi connectivity index (χ4v) is 1.63. The number of esters is 1. The average Bonchev–Trinajstić information content (AvgIpc) is 2.54. The standard InChI is InChI=1S/C10H17NO2/c1-3-5-8-6-7-9(11-8)10(12)13-4-2/h3,8-9,11H,1,4-7H2,2H3/t8-,9+/m1/s1. The summed E-state index contributed by atoms with van der Waals surface area (Å²) in [5, 5.41) is 3.23. The number of carbonyl (C=O) groups is 1. The van der Waals surface area contributed by atoms with Gasteiger partial charge in [0.2, 0.25) is 0 Å². The molecule has 0 bridgehead atoms. The fourth-order valence-electron chi connectivity index (χ4n) is 1.63. The van der Waals surface area contributed by atoms with Crippen LogP contribution in [0, 0.1) is 0 Å². The van der Waals surface area contributed by atoms with Crippen molar-refractivity contribution in [1.29, 1.82) is 0 Å². The van der Waals surface area contributed by atoms with Crippen molar-refractivity contribution in [2.45, 2.75) is 38.3 Å². The van der Waals surface area contributed by atoms with E-state index in [0.717, 1.165) is 19.3 Å². The van der Waals surface area contributed by atoms with Crippen molar-refractivity contribution >= 4 is 5.97 Å². The van der Waals surface area contributed by atoms with E-state index in [0.29, 0.717) is 12.6 Å². The topological polar surface area (TPSA) is 38.3 Å². The molecule has 74 valence electrons. The lowest BCUT2D eigenvalue weighted by Crippen LogP contribution is -2.36. The minimum absolute atomic E-state index is 0.0927. The second kappa shape index (κ2) is 5.02. The molecule has 1 aliphatic rings. The van der Waals surface area contributed by atoms with Gasteiger partial charge in [0, 0.05) is 6.04 Å². The Bertz CT molecular complexity index is 191. The van der Waals surface area contributed by atoms with Crippen molar-refractivity contribution in [2.75, 3.05) is 6.61 Å². The summed E-state index contributed by atoms with van der Waals surface area (Å²) < 4.78 is 4.92. The Morgan fingerprint density at radius 1 is 1.69 bits per heavy atom. The lowest BCUT2D eigenvalue weighted by molar-refractivity contribution is -0.145. The van der Waals surface area contributed by atoms with Gasteiger partial charge in [0.05, 0.1) is 6.61 Å². The van der Waals surface area contributed by atoms with Crippen molar-refractivity contribution in [1.82, 2.24) is 5.32 Å². The minimum Gasteiger partial charge on any atom is -0.465 e. The molecule has 1 fully saturated rings. The number of carbonyl (C=O) groups excluding carboxylic acids is 1. The third-order valence-corrected chi connectivity index (χ3v) is 2.26. The van der Waals surface area contributed by atoms with Gasteiger partial charge in [-0.3, -0.25) is 4.79 Å². The molecule has 0 aromatic heterocycles. The molecule has 1 saturated heterocycles. The third kappa shape index (κ3) is 2.84. The first-order chi connectivity index (χ1) is 6.27. The maximum absolute atomic E-state index is 11.3. The normalized spacial score (nSPS) is 27.2. The zero-order chi connectivity index (χ0) is 9.68. The largest absolute Gasteiger partial charge is 0.465 e. The molecule has 13 heavy (non-hydrogen) atoms. The summed E-state index contributed by atoms with van der Waals surface area (Å²) in [7, 11) is 0. The van der Waals surface area contributed by atoms with Crippen LogP contribution in [0.4, 0.5) is 0 Å². The molecular weight excluding hydrogens is 166 g/mol. The Morgan fingerprint density at radius 2 is 2.46 bits per heavy atom. The second-order valence-corrected chi connectivity index (χ2v) is 3.27. The summed E-state index contributed by atoms with van der Waals surface area (Å²) in [6, 6.07) is 0.316. The first-order valence-electron chi connectivity index (χ1n) is 4.81. The van der Waals surface area contributed by atoms with E-state index in [2.05, 4.69) is 11.9 Å². The molecule has 0 amide bonds. The Balaban J connectivity index is 2.31. The van der Waals surface area contributed by atoms with Crippen LogP contribution in [0.5, 0.6) is 0 Å². The lowest BCUT2D eigenvalue weighted by atomic mass is 10.1. The first-order valence-corrected chi connectivity index (χ1v) is 4.81. The Labute approximate surface area is 79.2 Å². The van der Waals surface area contributed by atoms with Crippen molar-refractivity contribution in [3.05, 3.63) is 12.7 Å². The summed E-state index contributed by atoms with van der Waals surface area (Å²) in [5.74, 6) is -0.117. The monoisotopic (exact) mass is 183 g/mol. The highest BCUT2D eigenvalue weighted by Gasteiger charge is 2.28. The molecule has 0 aromatic rings. The summed E-state index contributed by atoms with van der Waals surface area (Å²) in [6.07, 6.45) is 4.73. The van der Waals surface area contributed by atoms with Gasteiger partial charge >= 0.3 is 5.97 Å². The van der Waals surface area contributed by atoms with Crippen LogP contribution in [0.15, 0.2) is 12.7 Å². The summed E-state index contributed by atoms with van der Waals surface area (Å²) in [5.41, 5.74) is 0. The van der Waals surface area contributed by atoms with Crippen LogP contribution in [0.3, 0.4) is 0 Å². The molecule has 1 rings (SSSR count). The number of hydrogen-bond donors (Lipinski definition) is 1. The van der Waals surface area contributed by atoms with Gasteiger partial charge in [-0.25, -0.2) is 0 Å². The van der Waals surface area contributed by atoms with Crippen LogP contribution >= 0.6 is 0 Å². The van der Waals surface area contributed by atoms with E-state index < -0.39 is 0 Å². The Hall–Kier alpha value is -0.830. The molecule has 1 aliphatic heterocycles. The van der Waals surface area contributed by atoms with Crippen molar-refractivity contribution in [3.63, 3.8) is 0 Å². The van der Waals surface area contributed by atoms with Crippen LogP contribution < -0.4 is 5.32 Å². The van der Waals surface area contributed by atoms with Crippen molar-refractivity contribution < 1.29 is 9.53 Å². The Kier molecular flexibility index (Phi) is 3.96. The molecule has 0 aromatic carbocycles. The van der Waals surface area contributed by atoms with Gasteiger partial charge in [0.25, 0.3) is 0 Å². The highest BCUT2D eigenvalue weighted by Crippen LogP contribution is 2.16. The van der Waals surface area contributed by atoms with Crippen molar-refractivity contribution in [2.24, 2.45) is 0 Å². The van der Waals surface area contributed by atoms with Crippen molar-refractivity contribution in [3.8, 4) is 0 Å². The van der Waals surface area contributed by atoms with Crippen LogP contribution in [0.2, 0.25) is 0 Å². The van der Waals surface area contributed by atoms with E-state index in [-0.39, 0.29) is 12.0 Å². The van der Waals surface area contributed by atoms with E-state index in [9.17, 15) is 4.79 Å². The molecule has 2 atom stereocenters. The summed E-state index contributed by atoms with van der Waals surface area (Å²) in [6.45, 7) is 5.96. The molecular formula is C10H17NO2. The third-order valence-electron chi connectivity index (χ3n) is 2.26. The molecule has 0 unspecified atom stereocenters. The van der Waals surface area contributed by atoms with Crippen LogP contribution in [-0.4, -0.2) is 24.7 Å². The predicted molar refractivity (Wildman–Crippen MR) is 51.4 cm³/mol. The maximum atomic E-state index is 11.3. The average molecular weight is 183 g/mol. The molecule has 0 aliphatic carbocycles. The van der Waals surface area contributed by atoms with Gasteiger partial charge in [-0.2, -0.15) is 0 Å². The van der Waals surface area contributed by atoms with Crippen LogP contribution in [-0.2, 0) is 9.53 Å². The van der Waals surface area contributed by atoms with E-state index in [4.69, 9.17) is 4.74 Å². The predicted octanol–water partition coefficient (Wildman–Crippen LogP) is 1.25. The molecule has 3 nitrogen and oxygen atoms in total. The van der Waals surface area contributed by atoms with Gasteiger partial charge in [-0.1, -0.05) is 6.08 Å². The number of hydrogen-bond acceptors (Lipinski definition) is 3. The Morgan fingerprint density at radius 3 is 3.08 bits per heavy atom. The van der Waals surface area contributed by atoms with E-state index in [1.165, 1.54) is 0 Å². The van der Waals surface area contributed by atoms with E-state index in [1.54, 1.807) is 0 Å². The molecule has 0 radical (unpaired) electrons. The minimum atomic E-state index is -0.117. The summed E-state index contributed by atoms with van der Waals surface area (Å²) >= 11 is 0. The molecule has 1 N–H and O–H groups in total. The second-order valence-electron chi connectivity index (χ2n) is 3.27. The van der Waals surface area contributed by atoms with Gasteiger partial charge in [0.1, 0.15) is 6.04 Å². The zero-order valence-electron chi connectivity index (χ0n) is 8.08. The summed E-state index contributed by atoms with van der Waals surface area (Å²) in [4.78, 5) is 11.3. The smallest absolute Gasteiger partial charge is 0.323 e. The quantitative estimate of drug-likeness (QED) is 0.526. The first kappa shape index (κ1) is 10.3. The van der Waals surface area contributed by atoms with Crippen LogP contribution in [0.1, 0.15) is 26.2 Å².